The highest BCUT2D eigenvalue weighted by molar-refractivity contribution is 8.00. The van der Waals surface area contributed by atoms with E-state index in [-0.39, 0.29) is 11.2 Å². The SMILES string of the molecule is Cc1ccc(NC(=O)C(C)Sc2cccc(NC(=S)Nc3ccccc3)c2)cc1Cl. The largest absolute Gasteiger partial charge is 0.332 e. The number of aryl methyl sites for hydroxylation is 1. The van der Waals surface area contributed by atoms with E-state index in [0.29, 0.717) is 15.8 Å². The first-order valence-electron chi connectivity index (χ1n) is 9.37. The first kappa shape index (κ1) is 22.2. The van der Waals surface area contributed by atoms with Crippen molar-refractivity contribution in [3.8, 4) is 0 Å². The molecule has 3 N–H and O–H groups in total. The van der Waals surface area contributed by atoms with E-state index in [0.717, 1.165) is 21.8 Å². The van der Waals surface area contributed by atoms with E-state index in [1.54, 1.807) is 6.07 Å². The topological polar surface area (TPSA) is 53.2 Å². The van der Waals surface area contributed by atoms with Crippen LogP contribution in [0.15, 0.2) is 77.7 Å². The van der Waals surface area contributed by atoms with Crippen LogP contribution in [-0.2, 0) is 4.79 Å². The monoisotopic (exact) mass is 455 g/mol. The Bertz CT molecular complexity index is 1040. The highest BCUT2D eigenvalue weighted by Crippen LogP contribution is 2.27. The van der Waals surface area contributed by atoms with Gasteiger partial charge in [0.25, 0.3) is 0 Å². The number of thioether (sulfide) groups is 1. The molecule has 0 radical (unpaired) electrons. The van der Waals surface area contributed by atoms with E-state index in [1.165, 1.54) is 11.8 Å². The predicted molar refractivity (Wildman–Crippen MR) is 133 cm³/mol. The van der Waals surface area contributed by atoms with Gasteiger partial charge in [0.1, 0.15) is 0 Å². The Labute approximate surface area is 191 Å². The Hall–Kier alpha value is -2.54. The Kier molecular flexibility index (Phi) is 7.74. The lowest BCUT2D eigenvalue weighted by Gasteiger charge is -2.14. The molecular formula is C23H22ClN3OS2. The minimum Gasteiger partial charge on any atom is -0.332 e. The number of hydrogen-bond acceptors (Lipinski definition) is 3. The molecule has 3 aromatic carbocycles. The predicted octanol–water partition coefficient (Wildman–Crippen LogP) is 6.58. The number of para-hydroxylation sites is 1. The van der Waals surface area contributed by atoms with Gasteiger partial charge in [-0.1, -0.05) is 41.9 Å². The number of rotatable bonds is 6. The van der Waals surface area contributed by atoms with E-state index >= 15 is 0 Å². The van der Waals surface area contributed by atoms with Gasteiger partial charge in [0.15, 0.2) is 5.11 Å². The van der Waals surface area contributed by atoms with Gasteiger partial charge in [-0.15, -0.1) is 11.8 Å². The third-order valence-electron chi connectivity index (χ3n) is 4.25. The quantitative estimate of drug-likeness (QED) is 0.289. The van der Waals surface area contributed by atoms with E-state index in [2.05, 4.69) is 16.0 Å². The normalized spacial score (nSPS) is 11.4. The van der Waals surface area contributed by atoms with Gasteiger partial charge in [0, 0.05) is 27.0 Å². The summed E-state index contributed by atoms with van der Waals surface area (Å²) in [5.74, 6) is -0.0838. The van der Waals surface area contributed by atoms with Crippen LogP contribution in [0, 0.1) is 6.92 Å². The molecular weight excluding hydrogens is 434 g/mol. The van der Waals surface area contributed by atoms with Gasteiger partial charge < -0.3 is 16.0 Å². The summed E-state index contributed by atoms with van der Waals surface area (Å²) in [6, 6.07) is 23.0. The number of anilines is 3. The first-order valence-corrected chi connectivity index (χ1v) is 11.0. The number of thiocarbonyl (C=S) groups is 1. The van der Waals surface area contributed by atoms with Gasteiger partial charge in [0.05, 0.1) is 5.25 Å². The maximum Gasteiger partial charge on any atom is 0.237 e. The summed E-state index contributed by atoms with van der Waals surface area (Å²) in [6.45, 7) is 3.80. The van der Waals surface area contributed by atoms with Gasteiger partial charge >= 0.3 is 0 Å². The van der Waals surface area contributed by atoms with Crippen LogP contribution in [0.2, 0.25) is 5.02 Å². The van der Waals surface area contributed by atoms with Crippen LogP contribution < -0.4 is 16.0 Å². The molecule has 154 valence electrons. The molecule has 4 nitrogen and oxygen atoms in total. The first-order chi connectivity index (χ1) is 14.4. The second-order valence-electron chi connectivity index (χ2n) is 6.69. The lowest BCUT2D eigenvalue weighted by Crippen LogP contribution is -2.22. The van der Waals surface area contributed by atoms with E-state index in [1.807, 2.05) is 80.6 Å². The molecule has 1 atom stereocenters. The number of carbonyl (C=O) groups is 1. The van der Waals surface area contributed by atoms with Gasteiger partial charge in [-0.3, -0.25) is 4.79 Å². The number of carbonyl (C=O) groups excluding carboxylic acids is 1. The fraction of sp³-hybridized carbons (Fsp3) is 0.130. The van der Waals surface area contributed by atoms with Crippen LogP contribution in [0.1, 0.15) is 12.5 Å². The van der Waals surface area contributed by atoms with E-state index < -0.39 is 0 Å². The molecule has 30 heavy (non-hydrogen) atoms. The summed E-state index contributed by atoms with van der Waals surface area (Å²) < 4.78 is 0. The van der Waals surface area contributed by atoms with Crippen molar-refractivity contribution in [3.05, 3.63) is 83.4 Å². The molecule has 3 aromatic rings. The Balaban J connectivity index is 1.57. The Morgan fingerprint density at radius 2 is 1.57 bits per heavy atom. The molecule has 1 unspecified atom stereocenters. The van der Waals surface area contributed by atoms with Crippen molar-refractivity contribution >= 4 is 63.7 Å². The average molecular weight is 456 g/mol. The molecule has 0 fully saturated rings. The molecule has 0 aromatic heterocycles. The number of amides is 1. The summed E-state index contributed by atoms with van der Waals surface area (Å²) in [5, 5.41) is 10.1. The minimum absolute atomic E-state index is 0.0838. The van der Waals surface area contributed by atoms with Crippen LogP contribution >= 0.6 is 35.6 Å². The van der Waals surface area contributed by atoms with Crippen molar-refractivity contribution in [1.29, 1.82) is 0 Å². The fourth-order valence-corrected chi connectivity index (χ4v) is 3.98. The average Bonchev–Trinajstić information content (AvgIpc) is 2.71. The maximum absolute atomic E-state index is 12.6. The van der Waals surface area contributed by atoms with Gasteiger partial charge in [-0.25, -0.2) is 0 Å². The second kappa shape index (κ2) is 10.5. The van der Waals surface area contributed by atoms with E-state index in [4.69, 9.17) is 23.8 Å². The molecule has 0 saturated carbocycles. The lowest BCUT2D eigenvalue weighted by molar-refractivity contribution is -0.115. The Morgan fingerprint density at radius 1 is 0.900 bits per heavy atom. The standard InChI is InChI=1S/C23H22ClN3OS2/c1-15-11-12-19(14-21(15)24)25-22(28)16(2)30-20-10-6-9-18(13-20)27-23(29)26-17-7-4-3-5-8-17/h3-14,16H,1-2H3,(H,25,28)(H2,26,27,29). The van der Waals surface area contributed by atoms with Gasteiger partial charge in [-0.2, -0.15) is 0 Å². The highest BCUT2D eigenvalue weighted by Gasteiger charge is 2.15. The molecule has 0 saturated heterocycles. The summed E-state index contributed by atoms with van der Waals surface area (Å²) in [5.41, 5.74) is 3.44. The van der Waals surface area contributed by atoms with Crippen molar-refractivity contribution in [2.45, 2.75) is 24.0 Å². The highest BCUT2D eigenvalue weighted by atomic mass is 35.5. The zero-order chi connectivity index (χ0) is 21.5. The van der Waals surface area contributed by atoms with Crippen molar-refractivity contribution < 1.29 is 4.79 Å². The molecule has 0 heterocycles. The minimum atomic E-state index is -0.283. The molecule has 1 amide bonds. The van der Waals surface area contributed by atoms with Crippen LogP contribution in [-0.4, -0.2) is 16.3 Å². The third-order valence-corrected chi connectivity index (χ3v) is 5.95. The molecule has 0 aliphatic rings. The molecule has 0 aliphatic carbocycles. The molecule has 0 spiro atoms. The smallest absolute Gasteiger partial charge is 0.237 e. The number of halogens is 1. The zero-order valence-electron chi connectivity index (χ0n) is 16.6. The summed E-state index contributed by atoms with van der Waals surface area (Å²) in [4.78, 5) is 13.5. The van der Waals surface area contributed by atoms with Crippen molar-refractivity contribution in [2.24, 2.45) is 0 Å². The third kappa shape index (κ3) is 6.49. The van der Waals surface area contributed by atoms with Gasteiger partial charge in [-0.05, 0) is 74.1 Å². The molecule has 0 bridgehead atoms. The van der Waals surface area contributed by atoms with Gasteiger partial charge in [0.2, 0.25) is 5.91 Å². The maximum atomic E-state index is 12.6. The summed E-state index contributed by atoms with van der Waals surface area (Å²) >= 11 is 13.0. The lowest BCUT2D eigenvalue weighted by atomic mass is 10.2. The van der Waals surface area contributed by atoms with Crippen molar-refractivity contribution in [1.82, 2.24) is 0 Å². The Morgan fingerprint density at radius 3 is 2.30 bits per heavy atom. The van der Waals surface area contributed by atoms with Crippen LogP contribution in [0.5, 0.6) is 0 Å². The van der Waals surface area contributed by atoms with E-state index in [9.17, 15) is 4.79 Å². The molecule has 0 aliphatic heterocycles. The van der Waals surface area contributed by atoms with Crippen LogP contribution in [0.4, 0.5) is 17.1 Å². The zero-order valence-corrected chi connectivity index (χ0v) is 19.0. The number of benzene rings is 3. The van der Waals surface area contributed by atoms with Crippen LogP contribution in [0.25, 0.3) is 0 Å². The van der Waals surface area contributed by atoms with Crippen molar-refractivity contribution in [2.75, 3.05) is 16.0 Å². The van der Waals surface area contributed by atoms with Crippen molar-refractivity contribution in [3.63, 3.8) is 0 Å². The molecule has 3 rings (SSSR count). The number of nitrogens with one attached hydrogen (secondary N) is 3. The molecule has 7 heteroatoms. The number of hydrogen-bond donors (Lipinski definition) is 3. The van der Waals surface area contributed by atoms with Crippen LogP contribution in [0.3, 0.4) is 0 Å². The second-order valence-corrected chi connectivity index (χ2v) is 8.92. The summed E-state index contributed by atoms with van der Waals surface area (Å²) in [7, 11) is 0. The fourth-order valence-electron chi connectivity index (χ4n) is 2.63. The summed E-state index contributed by atoms with van der Waals surface area (Å²) in [6.07, 6.45) is 0.